The van der Waals surface area contributed by atoms with E-state index in [4.69, 9.17) is 4.74 Å². The molecule has 2 aromatic carbocycles. The minimum absolute atomic E-state index is 0.0872. The lowest BCUT2D eigenvalue weighted by Gasteiger charge is -2.37. The summed E-state index contributed by atoms with van der Waals surface area (Å²) in [5.74, 6) is -2.36. The SMILES string of the molecule is CC1NC(=O)C(C2COC2)NC(=O)C(C)C(O)C(Cc2ccccc2)NC(=O)C1NCc1ccccc1O. The second kappa shape index (κ2) is 12.4. The van der Waals surface area contributed by atoms with Gasteiger partial charge in [-0.2, -0.15) is 0 Å². The molecular formula is C28H36N4O6. The molecule has 38 heavy (non-hydrogen) atoms. The van der Waals surface area contributed by atoms with Crippen molar-refractivity contribution in [2.75, 3.05) is 13.2 Å². The predicted octanol–water partition coefficient (Wildman–Crippen LogP) is 0.224. The molecule has 3 amide bonds. The number of hydrogen-bond acceptors (Lipinski definition) is 7. The smallest absolute Gasteiger partial charge is 0.243 e. The van der Waals surface area contributed by atoms with E-state index >= 15 is 0 Å². The minimum atomic E-state index is -1.21. The number of amides is 3. The molecule has 6 N–H and O–H groups in total. The Morgan fingerprint density at radius 3 is 2.24 bits per heavy atom. The number of aromatic hydroxyl groups is 1. The highest BCUT2D eigenvalue weighted by molar-refractivity contribution is 5.90. The predicted molar refractivity (Wildman–Crippen MR) is 140 cm³/mol. The summed E-state index contributed by atoms with van der Waals surface area (Å²) in [5.41, 5.74) is 1.48. The van der Waals surface area contributed by atoms with Crippen LogP contribution in [-0.4, -0.2) is 71.4 Å². The molecule has 0 saturated carbocycles. The van der Waals surface area contributed by atoms with Gasteiger partial charge in [0.1, 0.15) is 17.8 Å². The molecule has 0 aliphatic carbocycles. The van der Waals surface area contributed by atoms with Gasteiger partial charge in [0.05, 0.1) is 37.3 Å². The van der Waals surface area contributed by atoms with Gasteiger partial charge >= 0.3 is 0 Å². The Labute approximate surface area is 222 Å². The molecule has 2 aliphatic heterocycles. The van der Waals surface area contributed by atoms with E-state index in [9.17, 15) is 24.6 Å². The summed E-state index contributed by atoms with van der Waals surface area (Å²) < 4.78 is 5.26. The van der Waals surface area contributed by atoms with Crippen molar-refractivity contribution in [1.29, 1.82) is 0 Å². The van der Waals surface area contributed by atoms with Crippen LogP contribution in [0, 0.1) is 11.8 Å². The Hall–Kier alpha value is -3.47. The quantitative estimate of drug-likeness (QED) is 0.317. The zero-order valence-corrected chi connectivity index (χ0v) is 21.6. The molecule has 2 heterocycles. The summed E-state index contributed by atoms with van der Waals surface area (Å²) >= 11 is 0. The number of aliphatic hydroxyl groups excluding tert-OH is 1. The van der Waals surface area contributed by atoms with Gasteiger partial charge in [0.25, 0.3) is 0 Å². The van der Waals surface area contributed by atoms with Crippen LogP contribution in [0.4, 0.5) is 0 Å². The maximum Gasteiger partial charge on any atom is 0.243 e. The molecule has 204 valence electrons. The first-order valence-electron chi connectivity index (χ1n) is 13.0. The topological polar surface area (TPSA) is 149 Å². The summed E-state index contributed by atoms with van der Waals surface area (Å²) in [6.07, 6.45) is -0.910. The number of hydrogen-bond donors (Lipinski definition) is 6. The van der Waals surface area contributed by atoms with Crippen molar-refractivity contribution in [1.82, 2.24) is 21.3 Å². The van der Waals surface area contributed by atoms with E-state index in [1.165, 1.54) is 0 Å². The highest BCUT2D eigenvalue weighted by Gasteiger charge is 2.41. The van der Waals surface area contributed by atoms with Crippen LogP contribution in [0.1, 0.15) is 25.0 Å². The summed E-state index contributed by atoms with van der Waals surface area (Å²) in [7, 11) is 0. The molecule has 0 bridgehead atoms. The fraction of sp³-hybridized carbons (Fsp3) is 0.464. The average molecular weight is 525 g/mol. The number of phenols is 1. The highest BCUT2D eigenvalue weighted by atomic mass is 16.5. The molecule has 6 atom stereocenters. The second-order valence-electron chi connectivity index (χ2n) is 10.2. The van der Waals surface area contributed by atoms with E-state index in [-0.39, 0.29) is 18.2 Å². The van der Waals surface area contributed by atoms with Gasteiger partial charge in [-0.1, -0.05) is 55.5 Å². The van der Waals surface area contributed by atoms with Crippen LogP contribution < -0.4 is 21.3 Å². The first-order valence-corrected chi connectivity index (χ1v) is 13.0. The molecule has 0 aromatic heterocycles. The molecule has 0 spiro atoms. The summed E-state index contributed by atoms with van der Waals surface area (Å²) in [6.45, 7) is 4.11. The van der Waals surface area contributed by atoms with Crippen molar-refractivity contribution in [3.05, 3.63) is 65.7 Å². The van der Waals surface area contributed by atoms with Gasteiger partial charge in [-0.05, 0) is 25.0 Å². The molecule has 6 unspecified atom stereocenters. The molecule has 2 saturated heterocycles. The number of ether oxygens (including phenoxy) is 1. The van der Waals surface area contributed by atoms with Gasteiger partial charge < -0.3 is 30.9 Å². The number of carbonyl (C=O) groups is 3. The number of carbonyl (C=O) groups excluding carboxylic acids is 3. The number of phenolic OH excluding ortho intramolecular Hbond substituents is 1. The maximum atomic E-state index is 13.7. The standard InChI is InChI=1S/C28H36N4O6/c1-16-25(34)21(12-18-8-4-3-5-9-18)31-27(36)23(29-13-19-10-6-7-11-22(19)33)17(2)30-28(37)24(32-26(16)35)20-14-38-15-20/h3-11,16-17,20-21,23-25,29,33-34H,12-15H2,1-2H3,(H,30,37)(H,31,36)(H,32,35). The molecule has 2 fully saturated rings. The lowest BCUT2D eigenvalue weighted by Crippen LogP contribution is -2.65. The van der Waals surface area contributed by atoms with Gasteiger partial charge in [0.2, 0.25) is 17.7 Å². The zero-order chi connectivity index (χ0) is 27.2. The van der Waals surface area contributed by atoms with Crippen LogP contribution in [0.15, 0.2) is 54.6 Å². The van der Waals surface area contributed by atoms with Crippen molar-refractivity contribution in [2.45, 2.75) is 57.1 Å². The molecule has 10 heteroatoms. The van der Waals surface area contributed by atoms with Gasteiger partial charge in [-0.15, -0.1) is 0 Å². The number of nitrogens with one attached hydrogen (secondary N) is 4. The molecule has 4 rings (SSSR count). The Kier molecular flexibility index (Phi) is 8.98. The van der Waals surface area contributed by atoms with Crippen LogP contribution >= 0.6 is 0 Å². The van der Waals surface area contributed by atoms with Crippen molar-refractivity contribution in [2.24, 2.45) is 11.8 Å². The van der Waals surface area contributed by atoms with E-state index in [1.54, 1.807) is 38.1 Å². The van der Waals surface area contributed by atoms with Crippen LogP contribution in [0.3, 0.4) is 0 Å². The summed E-state index contributed by atoms with van der Waals surface area (Å²) in [5, 5.41) is 33.2. The highest BCUT2D eigenvalue weighted by Crippen LogP contribution is 2.20. The fourth-order valence-corrected chi connectivity index (χ4v) is 4.80. The molecule has 2 aliphatic rings. The van der Waals surface area contributed by atoms with E-state index in [0.29, 0.717) is 25.2 Å². The minimum Gasteiger partial charge on any atom is -0.508 e. The van der Waals surface area contributed by atoms with Gasteiger partial charge in [0.15, 0.2) is 0 Å². The monoisotopic (exact) mass is 524 g/mol. The number of benzene rings is 2. The third-order valence-corrected chi connectivity index (χ3v) is 7.34. The first-order chi connectivity index (χ1) is 18.2. The largest absolute Gasteiger partial charge is 0.508 e. The van der Waals surface area contributed by atoms with Crippen LogP contribution in [0.5, 0.6) is 5.75 Å². The summed E-state index contributed by atoms with van der Waals surface area (Å²) in [4.78, 5) is 40.0. The van der Waals surface area contributed by atoms with E-state index in [0.717, 1.165) is 5.56 Å². The average Bonchev–Trinajstić information content (AvgIpc) is 2.87. The van der Waals surface area contributed by atoms with Crippen molar-refractivity contribution in [3.63, 3.8) is 0 Å². The number of aliphatic hydroxyl groups is 1. The fourth-order valence-electron chi connectivity index (χ4n) is 4.80. The van der Waals surface area contributed by atoms with Crippen molar-refractivity contribution in [3.8, 4) is 5.75 Å². The van der Waals surface area contributed by atoms with E-state index in [2.05, 4.69) is 21.3 Å². The van der Waals surface area contributed by atoms with Gasteiger partial charge in [0, 0.05) is 18.0 Å². The Balaban J connectivity index is 1.63. The van der Waals surface area contributed by atoms with E-state index < -0.39 is 53.9 Å². The molecule has 2 aromatic rings. The lowest BCUT2D eigenvalue weighted by atomic mass is 9.90. The molecule has 0 radical (unpaired) electrons. The maximum absolute atomic E-state index is 13.7. The number of para-hydroxylation sites is 1. The van der Waals surface area contributed by atoms with Crippen LogP contribution in [-0.2, 0) is 32.1 Å². The van der Waals surface area contributed by atoms with Gasteiger partial charge in [-0.25, -0.2) is 0 Å². The third-order valence-electron chi connectivity index (χ3n) is 7.34. The van der Waals surface area contributed by atoms with Gasteiger partial charge in [-0.3, -0.25) is 19.7 Å². The summed E-state index contributed by atoms with van der Waals surface area (Å²) in [6, 6.07) is 13.0. The van der Waals surface area contributed by atoms with E-state index in [1.807, 2.05) is 30.3 Å². The Morgan fingerprint density at radius 1 is 0.895 bits per heavy atom. The zero-order valence-electron chi connectivity index (χ0n) is 21.6. The lowest BCUT2D eigenvalue weighted by molar-refractivity contribution is -0.141. The first kappa shape index (κ1) is 27.6. The number of rotatable bonds is 6. The third kappa shape index (κ3) is 6.50. The Morgan fingerprint density at radius 2 is 1.58 bits per heavy atom. The van der Waals surface area contributed by atoms with Crippen LogP contribution in [0.2, 0.25) is 0 Å². The van der Waals surface area contributed by atoms with Crippen molar-refractivity contribution < 1.29 is 29.3 Å². The Bertz CT molecular complexity index is 1130. The van der Waals surface area contributed by atoms with Crippen molar-refractivity contribution >= 4 is 17.7 Å². The van der Waals surface area contributed by atoms with Crippen LogP contribution in [0.25, 0.3) is 0 Å². The second-order valence-corrected chi connectivity index (χ2v) is 10.2. The molecular weight excluding hydrogens is 488 g/mol. The normalized spacial score (nSPS) is 29.2. The molecule has 10 nitrogen and oxygen atoms in total.